The molecule has 2 aliphatic heterocycles. The minimum absolute atomic E-state index is 0. The first-order valence-corrected chi connectivity index (χ1v) is 31.0. The molecular formula is C54H50Br2Cl2F10N8O6S2. The van der Waals surface area contributed by atoms with Crippen molar-refractivity contribution in [2.75, 3.05) is 0 Å². The van der Waals surface area contributed by atoms with Gasteiger partial charge in [-0.05, 0) is 145 Å². The lowest BCUT2D eigenvalue weighted by Gasteiger charge is -2.26. The average Bonchev–Trinajstić information content (AvgIpc) is 2.24. The van der Waals surface area contributed by atoms with E-state index in [-0.39, 0.29) is 78.0 Å². The summed E-state index contributed by atoms with van der Waals surface area (Å²) in [5, 5.41) is 2.98. The van der Waals surface area contributed by atoms with Crippen molar-refractivity contribution in [2.24, 2.45) is 0 Å². The molecule has 4 aliphatic rings. The third kappa shape index (κ3) is 16.3. The quantitative estimate of drug-likeness (QED) is 0.0754. The van der Waals surface area contributed by atoms with Crippen molar-refractivity contribution in [3.8, 4) is 22.3 Å². The number of nitrogens with zero attached hydrogens (tertiary/aromatic N) is 7. The van der Waals surface area contributed by atoms with E-state index in [2.05, 4.69) is 62.1 Å². The number of carbonyl (C=O) groups is 2. The minimum Gasteiger partial charge on any atom is -0.302 e. The van der Waals surface area contributed by atoms with E-state index in [4.69, 9.17) is 15.7 Å². The Morgan fingerprint density at radius 3 is 1.42 bits per heavy atom. The number of sulfonamides is 1. The molecule has 4 aromatic heterocycles. The van der Waals surface area contributed by atoms with Gasteiger partial charge in [-0.1, -0.05) is 0 Å². The fourth-order valence-electron chi connectivity index (χ4n) is 9.30. The lowest BCUT2D eigenvalue weighted by molar-refractivity contribution is -0.145. The van der Waals surface area contributed by atoms with E-state index in [1.807, 2.05) is 0 Å². The van der Waals surface area contributed by atoms with Crippen LogP contribution in [0.3, 0.4) is 0 Å². The van der Waals surface area contributed by atoms with Gasteiger partial charge in [0, 0.05) is 122 Å². The number of rotatable bonds is 15. The molecule has 10 rings (SSSR count). The van der Waals surface area contributed by atoms with Gasteiger partial charge in [0.2, 0.25) is 21.7 Å². The highest BCUT2D eigenvalue weighted by molar-refractivity contribution is 9.11. The zero-order valence-electron chi connectivity index (χ0n) is 44.0. The first-order valence-electron chi connectivity index (χ1n) is 25.7. The van der Waals surface area contributed by atoms with Crippen molar-refractivity contribution < 1.29 is 70.3 Å². The molecule has 0 bridgehead atoms. The van der Waals surface area contributed by atoms with Gasteiger partial charge in [0.1, 0.15) is 29.8 Å². The molecule has 30 heteroatoms. The Hall–Kier alpha value is -5.10. The normalized spacial score (nSPS) is 20.9. The third-order valence-electron chi connectivity index (χ3n) is 14.1. The molecular weight excluding hydrogens is 1340 g/mol. The Kier molecular flexibility index (Phi) is 21.3. The molecule has 0 spiro atoms. The Bertz CT molecular complexity index is 3570. The van der Waals surface area contributed by atoms with E-state index >= 15 is 0 Å². The van der Waals surface area contributed by atoms with Crippen molar-refractivity contribution >= 4 is 85.6 Å². The van der Waals surface area contributed by atoms with Crippen molar-refractivity contribution in [1.29, 1.82) is 0 Å². The van der Waals surface area contributed by atoms with Crippen molar-refractivity contribution in [1.82, 2.24) is 39.5 Å². The number of carbonyl (C=O) groups excluding carboxylic acids is 2. The van der Waals surface area contributed by atoms with Gasteiger partial charge in [0.25, 0.3) is 9.05 Å². The number of benzene rings is 2. The average molecular weight is 1390 g/mol. The maximum absolute atomic E-state index is 14.8. The van der Waals surface area contributed by atoms with Crippen LogP contribution < -0.4 is 5.32 Å². The molecule has 6 heterocycles. The van der Waals surface area contributed by atoms with E-state index in [1.165, 1.54) is 6.92 Å². The number of halogens is 14. The number of hydrogen-bond acceptors (Lipinski definition) is 13. The highest BCUT2D eigenvalue weighted by atomic mass is 79.9. The van der Waals surface area contributed by atoms with Crippen LogP contribution in [0, 0.1) is 11.6 Å². The van der Waals surface area contributed by atoms with Crippen LogP contribution in [-0.2, 0) is 53.9 Å². The van der Waals surface area contributed by atoms with E-state index < -0.39 is 91.0 Å². The number of alkyl halides is 8. The SMILES string of the molecule is C[C@@H]1N[C@H](C(=O)CCc2cc(-c3cnc(C(F)(F)F)nc3)c(Br)c(C3CC3)n2)C[C@H]1F.C[C@H]1[C@H](F)C[C@@H](C(=O)CCc2cc(-c3cnc(C(F)(F)F)nc3)c(Br)c(C3CC3)n2)N1S(=O)(=O)c1ccc(F)cc1.Cl.O=S(=O)(Cl)c1ccc(F)cc1. The molecule has 0 unspecified atom stereocenters. The summed E-state index contributed by atoms with van der Waals surface area (Å²) in [7, 11) is -3.05. The second kappa shape index (κ2) is 26.9. The van der Waals surface area contributed by atoms with Crippen LogP contribution in [0.2, 0.25) is 0 Å². The zero-order chi connectivity index (χ0) is 60.5. The largest absolute Gasteiger partial charge is 0.451 e. The summed E-state index contributed by atoms with van der Waals surface area (Å²) in [6.07, 6.45) is -3.36. The van der Waals surface area contributed by atoms with Crippen molar-refractivity contribution in [3.05, 3.63) is 140 Å². The highest BCUT2D eigenvalue weighted by Gasteiger charge is 2.49. The Balaban J connectivity index is 0.000000207. The number of aromatic nitrogens is 6. The van der Waals surface area contributed by atoms with Gasteiger partial charge in [-0.15, -0.1) is 12.4 Å². The van der Waals surface area contributed by atoms with Gasteiger partial charge in [0.05, 0.1) is 39.3 Å². The molecule has 1 N–H and O–H groups in total. The van der Waals surface area contributed by atoms with E-state index in [0.29, 0.717) is 54.7 Å². The van der Waals surface area contributed by atoms with Crippen molar-refractivity contribution in [3.63, 3.8) is 0 Å². The summed E-state index contributed by atoms with van der Waals surface area (Å²) < 4.78 is 181. The molecule has 4 fully saturated rings. The summed E-state index contributed by atoms with van der Waals surface area (Å²) in [5.41, 5.74) is 4.57. The number of hydrogen-bond donors (Lipinski definition) is 1. The van der Waals surface area contributed by atoms with Gasteiger partial charge in [-0.3, -0.25) is 19.6 Å². The Labute approximate surface area is 503 Å². The van der Waals surface area contributed by atoms with E-state index in [1.54, 1.807) is 19.1 Å². The number of nitrogens with one attached hydrogen (secondary N) is 1. The highest BCUT2D eigenvalue weighted by Crippen LogP contribution is 2.47. The second-order valence-electron chi connectivity index (χ2n) is 20.2. The standard InChI is InChI=1S/C27H24BrF5N4O3S.C21H21BrF4N4O.C6H4ClFO2S.ClH/c1-14-21(30)11-22(37(14)41(39,40)19-7-4-17(29)5-8-19)23(38)9-6-18-10-20(24(28)25(36-18)15-2-3-15)16-12-34-26(35-13-16)27(31,32)33;1-10-15(23)7-16(29-10)17(31)5-4-13-6-14(18(22)19(30-13)11-2-3-11)12-8-27-20(28-9-12)21(24,25)26;7-11(9,10)6-3-1-5(8)2-4-6;/h4-5,7-8,10,12-15,21-22H,2-3,6,9,11H2,1H3;6,8-11,15-16,29H,2-5,7H2,1H3;1-4H;1H/t14-,21+,22-;10-,15+,16-;;/m00../s1. The molecule has 0 amide bonds. The molecule has 6 atom stereocenters. The summed E-state index contributed by atoms with van der Waals surface area (Å²) >= 11 is 7.05. The van der Waals surface area contributed by atoms with Crippen LogP contribution in [-0.4, -0.2) is 99.1 Å². The molecule has 2 saturated carbocycles. The monoisotopic (exact) mass is 1390 g/mol. The lowest BCUT2D eigenvalue weighted by Crippen LogP contribution is -2.44. The molecule has 452 valence electrons. The van der Waals surface area contributed by atoms with E-state index in [9.17, 15) is 70.3 Å². The Morgan fingerprint density at radius 2 is 1.05 bits per heavy atom. The molecule has 2 aliphatic carbocycles. The minimum atomic E-state index is -4.69. The maximum atomic E-state index is 14.8. The molecule has 2 saturated heterocycles. The fourth-order valence-corrected chi connectivity index (χ4v) is 13.4. The lowest BCUT2D eigenvalue weighted by atomic mass is 10.0. The van der Waals surface area contributed by atoms with Gasteiger partial charge in [-0.2, -0.15) is 30.6 Å². The topological polar surface area (TPSA) is 195 Å². The first kappa shape index (κ1) is 66.4. The number of ketones is 2. The van der Waals surface area contributed by atoms with Gasteiger partial charge in [-0.25, -0.2) is 54.3 Å². The van der Waals surface area contributed by atoms with Crippen molar-refractivity contribution in [2.45, 2.75) is 149 Å². The van der Waals surface area contributed by atoms with Crippen LogP contribution in [0.25, 0.3) is 22.3 Å². The third-order valence-corrected chi connectivity index (χ3v) is 19.1. The summed E-state index contributed by atoms with van der Waals surface area (Å²) in [6, 6.07) is 8.58. The summed E-state index contributed by atoms with van der Waals surface area (Å²) in [4.78, 5) is 48.6. The second-order valence-corrected chi connectivity index (χ2v) is 26.2. The zero-order valence-corrected chi connectivity index (χ0v) is 50.4. The van der Waals surface area contributed by atoms with Crippen LogP contribution in [0.5, 0.6) is 0 Å². The first-order chi connectivity index (χ1) is 38.9. The number of aryl methyl sites for hydroxylation is 2. The molecule has 6 aromatic rings. The summed E-state index contributed by atoms with van der Waals surface area (Å²) in [6.45, 7) is 3.10. The molecule has 0 radical (unpaired) electrons. The van der Waals surface area contributed by atoms with Crippen LogP contribution >= 0.6 is 54.9 Å². The Morgan fingerprint density at radius 1 is 0.643 bits per heavy atom. The maximum Gasteiger partial charge on any atom is 0.451 e. The van der Waals surface area contributed by atoms with Crippen LogP contribution in [0.1, 0.15) is 111 Å². The fraction of sp³-hybridized carbons (Fsp3) is 0.407. The van der Waals surface area contributed by atoms with Crippen LogP contribution in [0.15, 0.2) is 104 Å². The molecule has 84 heavy (non-hydrogen) atoms. The van der Waals surface area contributed by atoms with Crippen LogP contribution in [0.4, 0.5) is 43.9 Å². The predicted octanol–water partition coefficient (Wildman–Crippen LogP) is 13.0. The van der Waals surface area contributed by atoms with Gasteiger partial charge >= 0.3 is 12.4 Å². The predicted molar refractivity (Wildman–Crippen MR) is 297 cm³/mol. The smallest absolute Gasteiger partial charge is 0.302 e. The van der Waals surface area contributed by atoms with E-state index in [0.717, 1.165) is 109 Å². The molecule has 14 nitrogen and oxygen atoms in total. The number of Topliss-reactive ketones (excluding diaryl/α,β-unsaturated/α-hetero) is 2. The van der Waals surface area contributed by atoms with Gasteiger partial charge < -0.3 is 5.32 Å². The number of pyridine rings is 2. The van der Waals surface area contributed by atoms with Gasteiger partial charge in [0.15, 0.2) is 5.78 Å². The molecule has 2 aromatic carbocycles. The summed E-state index contributed by atoms with van der Waals surface area (Å²) in [5.74, 6) is -3.73.